The topological polar surface area (TPSA) is 21.3 Å². The average Bonchev–Trinajstić information content (AvgIpc) is 2.21. The second-order valence-corrected chi connectivity index (χ2v) is 3.02. The molecule has 0 radical (unpaired) electrons. The van der Waals surface area contributed by atoms with Crippen LogP contribution < -0.4 is 10.1 Å². The minimum Gasteiger partial charge on any atom is -0.493 e. The van der Waals surface area contributed by atoms with Crippen LogP contribution in [0, 0.1) is 17.5 Å². The molecule has 0 unspecified atom stereocenters. The van der Waals surface area contributed by atoms with E-state index in [1.54, 1.807) is 7.05 Å². The quantitative estimate of drug-likeness (QED) is 0.780. The summed E-state index contributed by atoms with van der Waals surface area (Å²) in [5.41, 5.74) is -0.0793. The van der Waals surface area contributed by atoms with Gasteiger partial charge in [0.2, 0.25) is 0 Å². The molecule has 1 aromatic carbocycles. The Morgan fingerprint density at radius 2 is 1.93 bits per heavy atom. The molecule has 0 spiro atoms. The van der Waals surface area contributed by atoms with E-state index in [0.717, 1.165) is 0 Å². The van der Waals surface area contributed by atoms with Gasteiger partial charge in [0.15, 0.2) is 23.2 Å². The maximum Gasteiger partial charge on any atom is 0.168 e. The summed E-state index contributed by atoms with van der Waals surface area (Å²) in [5.74, 6) is -3.37. The first-order chi connectivity index (χ1) is 7.11. The molecule has 1 N–H and O–H groups in total. The summed E-state index contributed by atoms with van der Waals surface area (Å²) in [7, 11) is 2.89. The summed E-state index contributed by atoms with van der Waals surface area (Å²) in [6.07, 6.45) is 0.167. The van der Waals surface area contributed by atoms with Crippen molar-refractivity contribution in [2.24, 2.45) is 0 Å². The highest BCUT2D eigenvalue weighted by molar-refractivity contribution is 5.37. The second-order valence-electron chi connectivity index (χ2n) is 3.02. The SMILES string of the molecule is CNCCc1c(F)c(F)cc(F)c1OC. The van der Waals surface area contributed by atoms with E-state index in [1.165, 1.54) is 7.11 Å². The van der Waals surface area contributed by atoms with E-state index in [1.807, 2.05) is 0 Å². The lowest BCUT2D eigenvalue weighted by atomic mass is 10.1. The first-order valence-electron chi connectivity index (χ1n) is 4.46. The molecular weight excluding hydrogens is 207 g/mol. The molecule has 15 heavy (non-hydrogen) atoms. The van der Waals surface area contributed by atoms with Crippen molar-refractivity contribution in [2.45, 2.75) is 6.42 Å². The zero-order valence-electron chi connectivity index (χ0n) is 8.53. The van der Waals surface area contributed by atoms with Gasteiger partial charge >= 0.3 is 0 Å². The predicted molar refractivity (Wildman–Crippen MR) is 50.5 cm³/mol. The number of hydrogen-bond acceptors (Lipinski definition) is 2. The Balaban J connectivity index is 3.18. The minimum atomic E-state index is -1.19. The monoisotopic (exact) mass is 219 g/mol. The van der Waals surface area contributed by atoms with Crippen LogP contribution in [0.1, 0.15) is 5.56 Å². The van der Waals surface area contributed by atoms with Crippen molar-refractivity contribution in [3.05, 3.63) is 29.1 Å². The fraction of sp³-hybridized carbons (Fsp3) is 0.400. The van der Waals surface area contributed by atoms with Crippen LogP contribution in [0.2, 0.25) is 0 Å². The summed E-state index contributed by atoms with van der Waals surface area (Å²) in [6.45, 7) is 0.413. The van der Waals surface area contributed by atoms with Crippen molar-refractivity contribution >= 4 is 0 Å². The molecule has 84 valence electrons. The van der Waals surface area contributed by atoms with Crippen LogP contribution in [-0.2, 0) is 6.42 Å². The predicted octanol–water partition coefficient (Wildman–Crippen LogP) is 1.87. The van der Waals surface area contributed by atoms with Crippen LogP contribution in [0.15, 0.2) is 6.07 Å². The van der Waals surface area contributed by atoms with Crippen molar-refractivity contribution < 1.29 is 17.9 Å². The molecule has 2 nitrogen and oxygen atoms in total. The van der Waals surface area contributed by atoms with Crippen LogP contribution in [0.3, 0.4) is 0 Å². The van der Waals surface area contributed by atoms with E-state index in [0.29, 0.717) is 12.6 Å². The Morgan fingerprint density at radius 3 is 2.47 bits per heavy atom. The largest absolute Gasteiger partial charge is 0.493 e. The zero-order valence-corrected chi connectivity index (χ0v) is 8.53. The van der Waals surface area contributed by atoms with Crippen molar-refractivity contribution in [3.63, 3.8) is 0 Å². The number of rotatable bonds is 4. The highest BCUT2D eigenvalue weighted by atomic mass is 19.2. The van der Waals surface area contributed by atoms with Crippen molar-refractivity contribution in [1.82, 2.24) is 5.32 Å². The number of ether oxygens (including phenoxy) is 1. The van der Waals surface area contributed by atoms with Crippen molar-refractivity contribution in [3.8, 4) is 5.75 Å². The Bertz CT molecular complexity index is 355. The maximum absolute atomic E-state index is 13.3. The molecule has 0 saturated heterocycles. The van der Waals surface area contributed by atoms with Gasteiger partial charge in [-0.25, -0.2) is 13.2 Å². The molecule has 1 rings (SSSR count). The smallest absolute Gasteiger partial charge is 0.168 e. The summed E-state index contributed by atoms with van der Waals surface area (Å²) in [5, 5.41) is 2.77. The van der Waals surface area contributed by atoms with Crippen LogP contribution in [0.25, 0.3) is 0 Å². The van der Waals surface area contributed by atoms with E-state index < -0.39 is 17.5 Å². The lowest BCUT2D eigenvalue weighted by Crippen LogP contribution is -2.13. The fourth-order valence-electron chi connectivity index (χ4n) is 1.32. The summed E-state index contributed by atoms with van der Waals surface area (Å²) >= 11 is 0. The Labute approximate surface area is 86.1 Å². The lowest BCUT2D eigenvalue weighted by Gasteiger charge is -2.10. The maximum atomic E-state index is 13.3. The van der Waals surface area contributed by atoms with E-state index >= 15 is 0 Å². The van der Waals surface area contributed by atoms with Gasteiger partial charge in [-0.15, -0.1) is 0 Å². The molecule has 0 fully saturated rings. The zero-order chi connectivity index (χ0) is 11.4. The van der Waals surface area contributed by atoms with Gasteiger partial charge in [-0.2, -0.15) is 0 Å². The Kier molecular flexibility index (Phi) is 3.96. The van der Waals surface area contributed by atoms with Gasteiger partial charge in [0.1, 0.15) is 0 Å². The van der Waals surface area contributed by atoms with Crippen LogP contribution in [0.4, 0.5) is 13.2 Å². The molecule has 0 aliphatic rings. The molecule has 0 atom stereocenters. The minimum absolute atomic E-state index is 0.0793. The van der Waals surface area contributed by atoms with Gasteiger partial charge in [0, 0.05) is 11.6 Å². The van der Waals surface area contributed by atoms with E-state index in [4.69, 9.17) is 4.74 Å². The molecule has 0 aliphatic heterocycles. The van der Waals surface area contributed by atoms with Crippen LogP contribution >= 0.6 is 0 Å². The summed E-state index contributed by atoms with van der Waals surface area (Å²) in [4.78, 5) is 0. The third-order valence-electron chi connectivity index (χ3n) is 2.05. The van der Waals surface area contributed by atoms with Gasteiger partial charge < -0.3 is 10.1 Å². The molecule has 0 aliphatic carbocycles. The first-order valence-corrected chi connectivity index (χ1v) is 4.46. The highest BCUT2D eigenvalue weighted by Gasteiger charge is 2.18. The molecule has 0 saturated carbocycles. The third-order valence-corrected chi connectivity index (χ3v) is 2.05. The van der Waals surface area contributed by atoms with Gasteiger partial charge in [-0.05, 0) is 20.0 Å². The number of benzene rings is 1. The summed E-state index contributed by atoms with van der Waals surface area (Å²) < 4.78 is 44.1. The normalized spacial score (nSPS) is 10.5. The van der Waals surface area contributed by atoms with Gasteiger partial charge in [0.05, 0.1) is 7.11 Å². The average molecular weight is 219 g/mol. The standard InChI is InChI=1S/C10H12F3NO/c1-14-4-3-6-9(13)7(11)5-8(12)10(6)15-2/h5,14H,3-4H2,1-2H3. The molecule has 0 aromatic heterocycles. The number of nitrogens with one attached hydrogen (secondary N) is 1. The van der Waals surface area contributed by atoms with Gasteiger partial charge in [-0.3, -0.25) is 0 Å². The molecule has 0 bridgehead atoms. The van der Waals surface area contributed by atoms with E-state index in [9.17, 15) is 13.2 Å². The number of hydrogen-bond donors (Lipinski definition) is 1. The van der Waals surface area contributed by atoms with Crippen LogP contribution in [0.5, 0.6) is 5.75 Å². The third kappa shape index (κ3) is 2.41. The lowest BCUT2D eigenvalue weighted by molar-refractivity contribution is 0.368. The van der Waals surface area contributed by atoms with Crippen LogP contribution in [-0.4, -0.2) is 20.7 Å². The van der Waals surface area contributed by atoms with Gasteiger partial charge in [0.25, 0.3) is 0 Å². The molecule has 1 aromatic rings. The molecule has 0 heterocycles. The van der Waals surface area contributed by atoms with Crippen molar-refractivity contribution in [2.75, 3.05) is 20.7 Å². The second kappa shape index (κ2) is 5.02. The fourth-order valence-corrected chi connectivity index (χ4v) is 1.32. The van der Waals surface area contributed by atoms with E-state index in [-0.39, 0.29) is 17.7 Å². The highest BCUT2D eigenvalue weighted by Crippen LogP contribution is 2.27. The number of methoxy groups -OCH3 is 1. The first kappa shape index (κ1) is 11.8. The van der Waals surface area contributed by atoms with Gasteiger partial charge in [-0.1, -0.05) is 0 Å². The molecular formula is C10H12F3NO. The Morgan fingerprint density at radius 1 is 1.27 bits per heavy atom. The number of likely N-dealkylation sites (N-methyl/N-ethyl adjacent to an activating group) is 1. The van der Waals surface area contributed by atoms with Crippen molar-refractivity contribution in [1.29, 1.82) is 0 Å². The molecule has 0 amide bonds. The molecule has 5 heteroatoms. The number of halogens is 3. The summed E-state index contributed by atoms with van der Waals surface area (Å²) in [6, 6.07) is 0.483. The van der Waals surface area contributed by atoms with E-state index in [2.05, 4.69) is 5.32 Å². The Hall–Kier alpha value is -1.23.